The minimum Gasteiger partial charge on any atom is -0.481 e. The van der Waals surface area contributed by atoms with E-state index in [-0.39, 0.29) is 19.1 Å². The van der Waals surface area contributed by atoms with E-state index in [0.29, 0.717) is 25.3 Å². The van der Waals surface area contributed by atoms with Crippen LogP contribution in [0.4, 0.5) is 4.79 Å². The molecule has 0 bridgehead atoms. The molecule has 1 atom stereocenters. The van der Waals surface area contributed by atoms with Gasteiger partial charge in [0.15, 0.2) is 0 Å². The molecule has 20 heavy (non-hydrogen) atoms. The minimum atomic E-state index is -0.845. The van der Waals surface area contributed by atoms with E-state index in [0.717, 1.165) is 12.2 Å². The second-order valence-corrected chi connectivity index (χ2v) is 4.86. The molecule has 2 rings (SSSR count). The van der Waals surface area contributed by atoms with Gasteiger partial charge in [-0.1, -0.05) is 6.92 Å². The van der Waals surface area contributed by atoms with Gasteiger partial charge >= 0.3 is 12.0 Å². The van der Waals surface area contributed by atoms with Crippen LogP contribution in [0.1, 0.15) is 31.4 Å². The molecule has 1 aromatic heterocycles. The molecule has 2 heterocycles. The van der Waals surface area contributed by atoms with E-state index in [9.17, 15) is 9.59 Å². The molecule has 7 nitrogen and oxygen atoms in total. The minimum absolute atomic E-state index is 0.215. The molecule has 0 aromatic carbocycles. The van der Waals surface area contributed by atoms with Crippen LogP contribution in [0.25, 0.3) is 0 Å². The van der Waals surface area contributed by atoms with Crippen molar-refractivity contribution in [2.24, 2.45) is 5.92 Å². The van der Waals surface area contributed by atoms with Crippen molar-refractivity contribution in [2.75, 3.05) is 13.1 Å². The molecule has 0 radical (unpaired) electrons. The fraction of sp³-hybridized carbons (Fsp3) is 0.615. The molecule has 1 saturated heterocycles. The Kier molecular flexibility index (Phi) is 4.60. The number of urea groups is 1. The first-order valence-corrected chi connectivity index (χ1v) is 6.79. The Morgan fingerprint density at radius 1 is 1.60 bits per heavy atom. The Hall–Kier alpha value is -2.05. The van der Waals surface area contributed by atoms with Crippen molar-refractivity contribution < 1.29 is 19.1 Å². The molecule has 1 fully saturated rings. The highest BCUT2D eigenvalue weighted by Gasteiger charge is 2.28. The summed E-state index contributed by atoms with van der Waals surface area (Å²) in [5, 5.41) is 11.7. The van der Waals surface area contributed by atoms with Gasteiger partial charge in [0.2, 0.25) is 5.89 Å². The van der Waals surface area contributed by atoms with Gasteiger partial charge in [0, 0.05) is 19.5 Å². The van der Waals surface area contributed by atoms with E-state index in [1.165, 1.54) is 4.90 Å². The number of carboxylic acid groups (broad SMARTS) is 1. The number of nitrogens with zero attached hydrogens (tertiary/aromatic N) is 2. The number of aryl methyl sites for hydroxylation is 1. The Balaban J connectivity index is 1.83. The lowest BCUT2D eigenvalue weighted by Gasteiger charge is -2.30. The van der Waals surface area contributed by atoms with Crippen LogP contribution in [0.3, 0.4) is 0 Å². The zero-order chi connectivity index (χ0) is 14.5. The summed E-state index contributed by atoms with van der Waals surface area (Å²) in [6.07, 6.45) is 3.73. The predicted molar refractivity (Wildman–Crippen MR) is 70.0 cm³/mol. The first-order chi connectivity index (χ1) is 9.60. The number of likely N-dealkylation sites (tertiary alicyclic amines) is 1. The summed E-state index contributed by atoms with van der Waals surface area (Å²) in [7, 11) is 0. The predicted octanol–water partition coefficient (Wildman–Crippen LogP) is 1.24. The normalized spacial score (nSPS) is 18.9. The van der Waals surface area contributed by atoms with Crippen LogP contribution in [-0.4, -0.2) is 40.1 Å². The summed E-state index contributed by atoms with van der Waals surface area (Å²) in [6, 6.07) is -0.271. The van der Waals surface area contributed by atoms with Crippen LogP contribution in [-0.2, 0) is 17.8 Å². The number of aromatic nitrogens is 1. The monoisotopic (exact) mass is 281 g/mol. The van der Waals surface area contributed by atoms with Crippen molar-refractivity contribution in [3.63, 3.8) is 0 Å². The average Bonchev–Trinajstić information content (AvgIpc) is 2.93. The summed E-state index contributed by atoms with van der Waals surface area (Å²) in [6.45, 7) is 3.02. The largest absolute Gasteiger partial charge is 0.481 e. The van der Waals surface area contributed by atoms with Crippen molar-refractivity contribution in [3.8, 4) is 0 Å². The number of oxazole rings is 1. The van der Waals surface area contributed by atoms with E-state index < -0.39 is 11.9 Å². The van der Waals surface area contributed by atoms with Crippen LogP contribution in [0, 0.1) is 5.92 Å². The third kappa shape index (κ3) is 3.49. The molecule has 7 heteroatoms. The Labute approximate surface area is 117 Å². The van der Waals surface area contributed by atoms with Gasteiger partial charge in [0.25, 0.3) is 0 Å². The smallest absolute Gasteiger partial charge is 0.317 e. The highest BCUT2D eigenvalue weighted by atomic mass is 16.4. The second kappa shape index (κ2) is 6.40. The number of carboxylic acids is 1. The first-order valence-electron chi connectivity index (χ1n) is 6.79. The maximum atomic E-state index is 12.0. The van der Waals surface area contributed by atoms with Crippen molar-refractivity contribution in [1.82, 2.24) is 15.2 Å². The number of piperidine rings is 1. The highest BCUT2D eigenvalue weighted by Crippen LogP contribution is 2.16. The van der Waals surface area contributed by atoms with Gasteiger partial charge in [-0.2, -0.15) is 0 Å². The lowest BCUT2D eigenvalue weighted by Crippen LogP contribution is -2.46. The fourth-order valence-corrected chi connectivity index (χ4v) is 2.22. The SMILES string of the molecule is CCc1cnc(CNC(=O)N2CCC[C@@H](C(=O)O)C2)o1. The lowest BCUT2D eigenvalue weighted by atomic mass is 9.99. The molecule has 0 aliphatic carbocycles. The maximum Gasteiger partial charge on any atom is 0.317 e. The average molecular weight is 281 g/mol. The van der Waals surface area contributed by atoms with Crippen LogP contribution in [0.5, 0.6) is 0 Å². The van der Waals surface area contributed by atoms with Gasteiger partial charge in [-0.05, 0) is 12.8 Å². The standard InChI is InChI=1S/C13H19N3O4/c1-2-10-6-14-11(20-10)7-15-13(19)16-5-3-4-9(8-16)12(17)18/h6,9H,2-5,7-8H2,1H3,(H,15,19)(H,17,18)/t9-/m1/s1. The Bertz CT molecular complexity index is 486. The number of hydrogen-bond donors (Lipinski definition) is 2. The van der Waals surface area contributed by atoms with E-state index in [1.54, 1.807) is 6.20 Å². The topological polar surface area (TPSA) is 95.7 Å². The summed E-state index contributed by atoms with van der Waals surface area (Å²) in [5.41, 5.74) is 0. The van der Waals surface area contributed by atoms with E-state index in [1.807, 2.05) is 6.92 Å². The molecule has 1 aromatic rings. The van der Waals surface area contributed by atoms with Crippen LogP contribution in [0.2, 0.25) is 0 Å². The number of rotatable bonds is 4. The van der Waals surface area contributed by atoms with Crippen LogP contribution in [0.15, 0.2) is 10.6 Å². The number of hydrogen-bond acceptors (Lipinski definition) is 4. The zero-order valence-electron chi connectivity index (χ0n) is 11.5. The van der Waals surface area contributed by atoms with Crippen molar-refractivity contribution in [2.45, 2.75) is 32.7 Å². The number of amides is 2. The summed E-state index contributed by atoms with van der Waals surface area (Å²) in [4.78, 5) is 28.5. The van der Waals surface area contributed by atoms with Gasteiger partial charge in [-0.25, -0.2) is 9.78 Å². The molecule has 0 spiro atoms. The number of carbonyl (C=O) groups excluding carboxylic acids is 1. The molecule has 110 valence electrons. The molecule has 0 unspecified atom stereocenters. The third-order valence-electron chi connectivity index (χ3n) is 3.40. The summed E-state index contributed by atoms with van der Waals surface area (Å²) in [5.74, 6) is -0.0779. The molecule has 2 N–H and O–H groups in total. The number of carbonyl (C=O) groups is 2. The van der Waals surface area contributed by atoms with E-state index in [2.05, 4.69) is 10.3 Å². The van der Waals surface area contributed by atoms with Crippen molar-refractivity contribution in [3.05, 3.63) is 17.8 Å². The van der Waals surface area contributed by atoms with Gasteiger partial charge in [0.1, 0.15) is 5.76 Å². The molecule has 1 aliphatic rings. The van der Waals surface area contributed by atoms with Gasteiger partial charge < -0.3 is 19.7 Å². The third-order valence-corrected chi connectivity index (χ3v) is 3.40. The molecule has 2 amide bonds. The Morgan fingerprint density at radius 3 is 3.05 bits per heavy atom. The van der Waals surface area contributed by atoms with Gasteiger partial charge in [-0.15, -0.1) is 0 Å². The Morgan fingerprint density at radius 2 is 2.40 bits per heavy atom. The lowest BCUT2D eigenvalue weighted by molar-refractivity contribution is -0.143. The summed E-state index contributed by atoms with van der Waals surface area (Å²) < 4.78 is 5.39. The van der Waals surface area contributed by atoms with E-state index in [4.69, 9.17) is 9.52 Å². The number of aliphatic carboxylic acids is 1. The number of nitrogens with one attached hydrogen (secondary N) is 1. The van der Waals surface area contributed by atoms with Gasteiger partial charge in [0.05, 0.1) is 18.7 Å². The summed E-state index contributed by atoms with van der Waals surface area (Å²) >= 11 is 0. The van der Waals surface area contributed by atoms with Crippen LogP contribution >= 0.6 is 0 Å². The highest BCUT2D eigenvalue weighted by molar-refractivity contribution is 5.76. The molecule has 1 aliphatic heterocycles. The zero-order valence-corrected chi connectivity index (χ0v) is 11.5. The molecule has 0 saturated carbocycles. The van der Waals surface area contributed by atoms with Crippen LogP contribution < -0.4 is 5.32 Å². The van der Waals surface area contributed by atoms with Crippen molar-refractivity contribution in [1.29, 1.82) is 0 Å². The second-order valence-electron chi connectivity index (χ2n) is 4.86. The fourth-order valence-electron chi connectivity index (χ4n) is 2.22. The molecular formula is C13H19N3O4. The molecular weight excluding hydrogens is 262 g/mol. The van der Waals surface area contributed by atoms with E-state index >= 15 is 0 Å². The van der Waals surface area contributed by atoms with Crippen molar-refractivity contribution >= 4 is 12.0 Å². The van der Waals surface area contributed by atoms with Gasteiger partial charge in [-0.3, -0.25) is 4.79 Å². The first kappa shape index (κ1) is 14.4. The quantitative estimate of drug-likeness (QED) is 0.865. The maximum absolute atomic E-state index is 12.0.